The first-order valence-electron chi connectivity index (χ1n) is 8.37. The van der Waals surface area contributed by atoms with Crippen LogP contribution in [0.25, 0.3) is 0 Å². The quantitative estimate of drug-likeness (QED) is 0.795. The first-order valence-corrected chi connectivity index (χ1v) is 8.75. The number of methoxy groups -OCH3 is 2. The number of piperazine rings is 1. The number of halogens is 1. The molecule has 0 aliphatic carbocycles. The third-order valence-corrected chi connectivity index (χ3v) is 4.68. The summed E-state index contributed by atoms with van der Waals surface area (Å²) in [4.78, 5) is 16.9. The van der Waals surface area contributed by atoms with Crippen LogP contribution in [0.2, 0.25) is 5.02 Å². The van der Waals surface area contributed by atoms with Crippen LogP contribution in [0.15, 0.2) is 22.7 Å². The maximum atomic E-state index is 12.8. The zero-order chi connectivity index (χ0) is 18.7. The lowest BCUT2D eigenvalue weighted by molar-refractivity contribution is 0.0617. The van der Waals surface area contributed by atoms with Gasteiger partial charge < -0.3 is 18.9 Å². The molecule has 0 radical (unpaired) electrons. The van der Waals surface area contributed by atoms with Crippen LogP contribution in [0.3, 0.4) is 0 Å². The van der Waals surface area contributed by atoms with Crippen molar-refractivity contribution in [2.24, 2.45) is 0 Å². The summed E-state index contributed by atoms with van der Waals surface area (Å²) in [7, 11) is 3.03. The van der Waals surface area contributed by atoms with E-state index in [4.69, 9.17) is 25.6 Å². The highest BCUT2D eigenvalue weighted by atomic mass is 35.5. The van der Waals surface area contributed by atoms with E-state index in [9.17, 15) is 4.79 Å². The molecular weight excluding hydrogens is 358 g/mol. The highest BCUT2D eigenvalue weighted by Gasteiger charge is 2.24. The Labute approximate surface area is 157 Å². The van der Waals surface area contributed by atoms with Crippen LogP contribution in [0.4, 0.5) is 0 Å². The van der Waals surface area contributed by atoms with Crippen molar-refractivity contribution in [1.29, 1.82) is 0 Å². The Bertz CT molecular complexity index is 785. The summed E-state index contributed by atoms with van der Waals surface area (Å²) in [5.41, 5.74) is 1.37. The Morgan fingerprint density at radius 3 is 2.50 bits per heavy atom. The minimum absolute atomic E-state index is 0.0667. The molecule has 0 unspecified atom stereocenters. The molecule has 26 heavy (non-hydrogen) atoms. The smallest absolute Gasteiger partial charge is 0.254 e. The molecule has 7 nitrogen and oxygen atoms in total. The minimum atomic E-state index is -0.0667. The van der Waals surface area contributed by atoms with E-state index in [1.54, 1.807) is 12.1 Å². The van der Waals surface area contributed by atoms with Crippen molar-refractivity contribution in [2.45, 2.75) is 13.5 Å². The van der Waals surface area contributed by atoms with E-state index < -0.39 is 0 Å². The van der Waals surface area contributed by atoms with Gasteiger partial charge in [-0.15, -0.1) is 0 Å². The molecular formula is C18H22ClN3O4. The molecule has 1 amide bonds. The van der Waals surface area contributed by atoms with E-state index in [2.05, 4.69) is 10.1 Å². The third kappa shape index (κ3) is 3.94. The van der Waals surface area contributed by atoms with E-state index in [1.807, 2.05) is 17.9 Å². The second-order valence-corrected chi connectivity index (χ2v) is 6.60. The zero-order valence-corrected chi connectivity index (χ0v) is 15.9. The van der Waals surface area contributed by atoms with Crippen molar-refractivity contribution in [3.63, 3.8) is 0 Å². The number of nitrogens with zero attached hydrogens (tertiary/aromatic N) is 3. The molecule has 1 fully saturated rings. The first kappa shape index (κ1) is 18.5. The molecule has 8 heteroatoms. The Hall–Kier alpha value is -2.25. The summed E-state index contributed by atoms with van der Waals surface area (Å²) in [6.45, 7) is 5.41. The monoisotopic (exact) mass is 379 g/mol. The number of carbonyl (C=O) groups excluding carboxylic acids is 1. The molecule has 1 aliphatic heterocycles. The van der Waals surface area contributed by atoms with Gasteiger partial charge >= 0.3 is 0 Å². The maximum Gasteiger partial charge on any atom is 0.254 e. The molecule has 1 aromatic carbocycles. The predicted octanol–water partition coefficient (Wildman–Crippen LogP) is 2.61. The summed E-state index contributed by atoms with van der Waals surface area (Å²) in [6.07, 6.45) is 0. The van der Waals surface area contributed by atoms with E-state index in [0.29, 0.717) is 41.7 Å². The summed E-state index contributed by atoms with van der Waals surface area (Å²) in [5, 5.41) is 4.26. The number of benzene rings is 1. The number of hydrogen-bond donors (Lipinski definition) is 0. The number of carbonyl (C=O) groups is 1. The number of ether oxygens (including phenoxy) is 2. The molecule has 2 aromatic rings. The third-order valence-electron chi connectivity index (χ3n) is 4.40. The van der Waals surface area contributed by atoms with Crippen LogP contribution in [-0.4, -0.2) is 61.3 Å². The average molecular weight is 380 g/mol. The van der Waals surface area contributed by atoms with Crippen molar-refractivity contribution in [2.75, 3.05) is 40.4 Å². The first-order chi connectivity index (χ1) is 12.5. The molecule has 0 N–H and O–H groups in total. The van der Waals surface area contributed by atoms with Crippen LogP contribution < -0.4 is 9.47 Å². The molecule has 0 atom stereocenters. The second kappa shape index (κ2) is 7.97. The number of aryl methyl sites for hydroxylation is 1. The fourth-order valence-electron chi connectivity index (χ4n) is 3.04. The molecule has 0 bridgehead atoms. The van der Waals surface area contributed by atoms with Crippen LogP contribution in [0, 0.1) is 6.92 Å². The Morgan fingerprint density at radius 2 is 1.92 bits per heavy atom. The van der Waals surface area contributed by atoms with Crippen molar-refractivity contribution < 1.29 is 18.8 Å². The van der Waals surface area contributed by atoms with Gasteiger partial charge in [0.2, 0.25) is 0 Å². The van der Waals surface area contributed by atoms with Gasteiger partial charge in [0.1, 0.15) is 0 Å². The Kier molecular flexibility index (Phi) is 5.68. The van der Waals surface area contributed by atoms with Gasteiger partial charge in [-0.25, -0.2) is 0 Å². The molecule has 140 valence electrons. The summed E-state index contributed by atoms with van der Waals surface area (Å²) < 4.78 is 15.8. The minimum Gasteiger partial charge on any atom is -0.493 e. The van der Waals surface area contributed by atoms with E-state index in [0.717, 1.165) is 24.5 Å². The lowest BCUT2D eigenvalue weighted by atomic mass is 10.1. The molecule has 0 spiro atoms. The van der Waals surface area contributed by atoms with E-state index >= 15 is 0 Å². The fourth-order valence-corrected chi connectivity index (χ4v) is 3.33. The lowest BCUT2D eigenvalue weighted by Gasteiger charge is -2.34. The lowest BCUT2D eigenvalue weighted by Crippen LogP contribution is -2.48. The van der Waals surface area contributed by atoms with Crippen LogP contribution in [0.1, 0.15) is 21.8 Å². The molecule has 1 aliphatic rings. The number of rotatable bonds is 5. The Balaban J connectivity index is 1.64. The molecule has 1 saturated heterocycles. The zero-order valence-electron chi connectivity index (χ0n) is 15.1. The van der Waals surface area contributed by atoms with Crippen molar-refractivity contribution in [3.05, 3.63) is 40.2 Å². The van der Waals surface area contributed by atoms with Crippen LogP contribution in [-0.2, 0) is 6.54 Å². The summed E-state index contributed by atoms with van der Waals surface area (Å²) in [5.74, 6) is 1.65. The Morgan fingerprint density at radius 1 is 1.19 bits per heavy atom. The fraction of sp³-hybridized carbons (Fsp3) is 0.444. The van der Waals surface area contributed by atoms with Gasteiger partial charge in [0, 0.05) is 37.8 Å². The highest BCUT2D eigenvalue weighted by Crippen LogP contribution is 2.36. The van der Waals surface area contributed by atoms with Crippen molar-refractivity contribution >= 4 is 17.5 Å². The van der Waals surface area contributed by atoms with Crippen LogP contribution in [0.5, 0.6) is 11.5 Å². The van der Waals surface area contributed by atoms with Gasteiger partial charge in [-0.2, -0.15) is 0 Å². The molecule has 3 rings (SSSR count). The predicted molar refractivity (Wildman–Crippen MR) is 97.0 cm³/mol. The number of aromatic nitrogens is 1. The molecule has 0 saturated carbocycles. The average Bonchev–Trinajstić information content (AvgIpc) is 3.05. The SMILES string of the molecule is COc1cc(C(=O)N2CCN(Cc3cc(C)no3)CC2)cc(Cl)c1OC. The molecule has 2 heterocycles. The number of hydrogen-bond acceptors (Lipinski definition) is 6. The van der Waals surface area contributed by atoms with Gasteiger partial charge in [0.05, 0.1) is 31.5 Å². The van der Waals surface area contributed by atoms with Gasteiger partial charge in [-0.05, 0) is 19.1 Å². The molecule has 1 aromatic heterocycles. The van der Waals surface area contributed by atoms with Gasteiger partial charge in [0.25, 0.3) is 5.91 Å². The van der Waals surface area contributed by atoms with Gasteiger partial charge in [-0.1, -0.05) is 16.8 Å². The van der Waals surface area contributed by atoms with Gasteiger partial charge in [0.15, 0.2) is 17.3 Å². The van der Waals surface area contributed by atoms with E-state index in [-0.39, 0.29) is 5.91 Å². The maximum absolute atomic E-state index is 12.8. The van der Waals surface area contributed by atoms with Crippen molar-refractivity contribution in [3.8, 4) is 11.5 Å². The normalized spacial score (nSPS) is 15.2. The van der Waals surface area contributed by atoms with Crippen LogP contribution >= 0.6 is 11.6 Å². The van der Waals surface area contributed by atoms with E-state index in [1.165, 1.54) is 14.2 Å². The number of amides is 1. The van der Waals surface area contributed by atoms with Crippen molar-refractivity contribution in [1.82, 2.24) is 15.0 Å². The largest absolute Gasteiger partial charge is 0.493 e. The standard InChI is InChI=1S/C18H22ClN3O4/c1-12-8-14(26-20-12)11-21-4-6-22(7-5-21)18(23)13-9-15(19)17(25-3)16(10-13)24-2/h8-10H,4-7,11H2,1-3H3. The second-order valence-electron chi connectivity index (χ2n) is 6.20. The summed E-state index contributed by atoms with van der Waals surface area (Å²) in [6, 6.07) is 5.22. The van der Waals surface area contributed by atoms with Gasteiger partial charge in [-0.3, -0.25) is 9.69 Å². The highest BCUT2D eigenvalue weighted by molar-refractivity contribution is 6.32. The topological polar surface area (TPSA) is 68.0 Å². The summed E-state index contributed by atoms with van der Waals surface area (Å²) >= 11 is 6.21.